The maximum absolute atomic E-state index is 13.2. The number of sulfonamides is 1. The molecule has 174 valence electrons. The highest BCUT2D eigenvalue weighted by atomic mass is 32.2. The maximum atomic E-state index is 13.2. The van der Waals surface area contributed by atoms with Crippen molar-refractivity contribution < 1.29 is 22.7 Å². The number of ether oxygens (including phenoxy) is 2. The summed E-state index contributed by atoms with van der Waals surface area (Å²) in [6.07, 6.45) is 0. The highest BCUT2D eigenvalue weighted by Crippen LogP contribution is 2.32. The smallest absolute Gasteiger partial charge is 0.245 e. The van der Waals surface area contributed by atoms with Gasteiger partial charge in [-0.3, -0.25) is 9.69 Å². The lowest BCUT2D eigenvalue weighted by molar-refractivity contribution is -0.121. The monoisotopic (exact) mass is 489 g/mol. The van der Waals surface area contributed by atoms with Crippen LogP contribution in [0.3, 0.4) is 0 Å². The molecule has 1 unspecified atom stereocenters. The Labute approximate surface area is 195 Å². The molecule has 10 nitrogen and oxygen atoms in total. The van der Waals surface area contributed by atoms with Crippen LogP contribution >= 0.6 is 11.7 Å². The van der Waals surface area contributed by atoms with Crippen LogP contribution in [0.15, 0.2) is 41.3 Å². The molecule has 1 N–H and O–H groups in total. The van der Waals surface area contributed by atoms with E-state index >= 15 is 0 Å². The van der Waals surface area contributed by atoms with Gasteiger partial charge in [-0.25, -0.2) is 8.42 Å². The number of benzene rings is 2. The van der Waals surface area contributed by atoms with Crippen LogP contribution in [-0.4, -0.2) is 77.7 Å². The van der Waals surface area contributed by atoms with Gasteiger partial charge in [-0.2, -0.15) is 13.1 Å². The molecule has 1 atom stereocenters. The summed E-state index contributed by atoms with van der Waals surface area (Å²) in [5.74, 6) is 1.10. The van der Waals surface area contributed by atoms with Crippen LogP contribution in [0.4, 0.5) is 5.69 Å². The number of amides is 1. The lowest BCUT2D eigenvalue weighted by Crippen LogP contribution is -2.53. The van der Waals surface area contributed by atoms with Gasteiger partial charge in [-0.15, -0.1) is 0 Å². The highest BCUT2D eigenvalue weighted by molar-refractivity contribution is 7.89. The molecule has 2 aliphatic rings. The minimum absolute atomic E-state index is 0.165. The molecule has 1 amide bonds. The van der Waals surface area contributed by atoms with Crippen LogP contribution in [0.2, 0.25) is 0 Å². The van der Waals surface area contributed by atoms with E-state index in [1.807, 2.05) is 11.8 Å². The number of nitrogens with zero attached hydrogens (tertiary/aromatic N) is 4. The highest BCUT2D eigenvalue weighted by Gasteiger charge is 2.33. The molecule has 3 aromatic rings. The van der Waals surface area contributed by atoms with Gasteiger partial charge in [0.05, 0.1) is 17.8 Å². The Morgan fingerprint density at radius 3 is 2.61 bits per heavy atom. The van der Waals surface area contributed by atoms with Crippen molar-refractivity contribution in [1.82, 2.24) is 18.0 Å². The molecule has 1 aromatic heterocycles. The van der Waals surface area contributed by atoms with Gasteiger partial charge < -0.3 is 14.8 Å². The first-order chi connectivity index (χ1) is 15.9. The Morgan fingerprint density at radius 1 is 1.06 bits per heavy atom. The van der Waals surface area contributed by atoms with Gasteiger partial charge >= 0.3 is 0 Å². The number of anilines is 1. The Kier molecular flexibility index (Phi) is 5.91. The molecule has 33 heavy (non-hydrogen) atoms. The molecule has 0 spiro atoms. The lowest BCUT2D eigenvalue weighted by Gasteiger charge is -2.36. The average Bonchev–Trinajstić information content (AvgIpc) is 3.32. The second-order valence-corrected chi connectivity index (χ2v) is 10.3. The minimum Gasteiger partial charge on any atom is -0.486 e. The van der Waals surface area contributed by atoms with Crippen molar-refractivity contribution in [2.75, 3.05) is 44.7 Å². The van der Waals surface area contributed by atoms with Crippen molar-refractivity contribution in [1.29, 1.82) is 0 Å². The van der Waals surface area contributed by atoms with Crippen LogP contribution in [-0.2, 0) is 14.8 Å². The second kappa shape index (κ2) is 8.86. The summed E-state index contributed by atoms with van der Waals surface area (Å²) in [5.41, 5.74) is 1.60. The van der Waals surface area contributed by atoms with Crippen LogP contribution in [0.25, 0.3) is 11.0 Å². The van der Waals surface area contributed by atoms with E-state index in [9.17, 15) is 13.2 Å². The molecule has 0 radical (unpaired) electrons. The number of hydrogen-bond donors (Lipinski definition) is 1. The Balaban J connectivity index is 1.22. The third-order valence-corrected chi connectivity index (χ3v) is 8.35. The number of aromatic nitrogens is 2. The molecule has 2 aromatic carbocycles. The standard InChI is InChI=1S/C21H23N5O5S2/c1-14(21(27)22-15-5-6-17-18(13-15)31-12-11-30-17)25-7-9-26(10-8-25)33(28,29)19-4-2-3-16-20(19)24-32-23-16/h2-6,13-14H,7-12H2,1H3,(H,22,27). The van der Waals surface area contributed by atoms with E-state index in [-0.39, 0.29) is 23.9 Å². The van der Waals surface area contributed by atoms with Crippen molar-refractivity contribution in [3.63, 3.8) is 0 Å². The molecule has 0 saturated carbocycles. The van der Waals surface area contributed by atoms with E-state index in [4.69, 9.17) is 9.47 Å². The summed E-state index contributed by atoms with van der Waals surface area (Å²) in [7, 11) is -3.70. The average molecular weight is 490 g/mol. The van der Waals surface area contributed by atoms with Gasteiger partial charge in [0.15, 0.2) is 11.5 Å². The summed E-state index contributed by atoms with van der Waals surface area (Å²) >= 11 is 0.995. The van der Waals surface area contributed by atoms with Crippen LogP contribution in [0.5, 0.6) is 11.5 Å². The van der Waals surface area contributed by atoms with Crippen LogP contribution < -0.4 is 14.8 Å². The predicted molar refractivity (Wildman–Crippen MR) is 123 cm³/mol. The Hall–Kier alpha value is -2.80. The van der Waals surface area contributed by atoms with Gasteiger partial charge in [0.25, 0.3) is 0 Å². The fraction of sp³-hybridized carbons (Fsp3) is 0.381. The maximum Gasteiger partial charge on any atom is 0.245 e. The second-order valence-electron chi connectivity index (χ2n) is 7.85. The molecule has 1 fully saturated rings. The van der Waals surface area contributed by atoms with E-state index in [0.717, 1.165) is 11.7 Å². The zero-order valence-corrected chi connectivity index (χ0v) is 19.6. The summed E-state index contributed by atoms with van der Waals surface area (Å²) in [5, 5.41) is 2.91. The van der Waals surface area contributed by atoms with Gasteiger partial charge in [-0.1, -0.05) is 6.07 Å². The zero-order valence-electron chi connectivity index (χ0n) is 17.9. The topological polar surface area (TPSA) is 114 Å². The number of rotatable bonds is 5. The Bertz CT molecular complexity index is 1290. The number of hydrogen-bond acceptors (Lipinski definition) is 9. The van der Waals surface area contributed by atoms with Gasteiger partial charge in [0.1, 0.15) is 29.1 Å². The molecular weight excluding hydrogens is 466 g/mol. The fourth-order valence-electron chi connectivity index (χ4n) is 3.99. The quantitative estimate of drug-likeness (QED) is 0.577. The molecule has 5 rings (SSSR count). The van der Waals surface area contributed by atoms with E-state index in [0.29, 0.717) is 54.5 Å². The number of piperazine rings is 1. The molecule has 0 bridgehead atoms. The minimum atomic E-state index is -3.70. The van der Waals surface area contributed by atoms with E-state index in [1.54, 1.807) is 36.4 Å². The van der Waals surface area contributed by atoms with Crippen molar-refractivity contribution in [3.8, 4) is 11.5 Å². The van der Waals surface area contributed by atoms with Crippen molar-refractivity contribution in [2.24, 2.45) is 0 Å². The predicted octanol–water partition coefficient (Wildman–Crippen LogP) is 1.80. The first-order valence-corrected chi connectivity index (χ1v) is 12.8. The fourth-order valence-corrected chi connectivity index (χ4v) is 6.17. The molecular formula is C21H23N5O5S2. The number of carbonyl (C=O) groups is 1. The number of carbonyl (C=O) groups excluding carboxylic acids is 1. The van der Waals surface area contributed by atoms with E-state index in [1.165, 1.54) is 4.31 Å². The molecule has 12 heteroatoms. The van der Waals surface area contributed by atoms with E-state index < -0.39 is 16.1 Å². The zero-order chi connectivity index (χ0) is 23.0. The van der Waals surface area contributed by atoms with Gasteiger partial charge in [0, 0.05) is 37.9 Å². The Morgan fingerprint density at radius 2 is 1.82 bits per heavy atom. The van der Waals surface area contributed by atoms with Crippen molar-refractivity contribution >= 4 is 44.4 Å². The number of nitrogens with one attached hydrogen (secondary N) is 1. The van der Waals surface area contributed by atoms with Crippen LogP contribution in [0, 0.1) is 0 Å². The molecule has 0 aliphatic carbocycles. The molecule has 1 saturated heterocycles. The number of fused-ring (bicyclic) bond motifs is 2. The summed E-state index contributed by atoms with van der Waals surface area (Å²) < 4.78 is 47.2. The summed E-state index contributed by atoms with van der Waals surface area (Å²) in [4.78, 5) is 15.0. The first kappa shape index (κ1) is 22.0. The SMILES string of the molecule is CC(C(=O)Nc1ccc2c(c1)OCCO2)N1CCN(S(=O)(=O)c2cccc3nsnc23)CC1. The van der Waals surface area contributed by atoms with E-state index in [2.05, 4.69) is 14.1 Å². The van der Waals surface area contributed by atoms with Crippen molar-refractivity contribution in [3.05, 3.63) is 36.4 Å². The normalized spacial score (nSPS) is 18.2. The molecule has 3 heterocycles. The first-order valence-electron chi connectivity index (χ1n) is 10.6. The van der Waals surface area contributed by atoms with Gasteiger partial charge in [0.2, 0.25) is 15.9 Å². The van der Waals surface area contributed by atoms with Gasteiger partial charge in [-0.05, 0) is 31.2 Å². The summed E-state index contributed by atoms with van der Waals surface area (Å²) in [6, 6.07) is 9.86. The lowest BCUT2D eigenvalue weighted by atomic mass is 10.2. The van der Waals surface area contributed by atoms with Crippen LogP contribution in [0.1, 0.15) is 6.92 Å². The largest absolute Gasteiger partial charge is 0.486 e. The third kappa shape index (κ3) is 4.26. The summed E-state index contributed by atoms with van der Waals surface area (Å²) in [6.45, 7) is 4.27. The molecule has 2 aliphatic heterocycles. The third-order valence-electron chi connectivity index (χ3n) is 5.88. The van der Waals surface area contributed by atoms with Crippen molar-refractivity contribution in [2.45, 2.75) is 17.9 Å².